The van der Waals surface area contributed by atoms with Crippen molar-refractivity contribution in [2.24, 2.45) is 0 Å². The highest BCUT2D eigenvalue weighted by Crippen LogP contribution is 2.35. The summed E-state index contributed by atoms with van der Waals surface area (Å²) in [5, 5.41) is 2.80. The Labute approximate surface area is 159 Å². The van der Waals surface area contributed by atoms with Crippen molar-refractivity contribution >= 4 is 27.7 Å². The molecule has 2 aliphatic carbocycles. The van der Waals surface area contributed by atoms with Crippen LogP contribution in [0.3, 0.4) is 0 Å². The van der Waals surface area contributed by atoms with E-state index in [1.54, 1.807) is 4.90 Å². The molecular formula is C18H27N3O5S. The summed E-state index contributed by atoms with van der Waals surface area (Å²) in [6.45, 7) is -0.292. The molecule has 4 rings (SSSR count). The molecule has 0 unspecified atom stereocenters. The molecule has 0 radical (unpaired) electrons. The zero-order valence-electron chi connectivity index (χ0n) is 15.5. The molecule has 4 aliphatic rings. The molecule has 0 aromatic rings. The summed E-state index contributed by atoms with van der Waals surface area (Å²) >= 11 is 0. The molecule has 1 spiro atoms. The maximum absolute atomic E-state index is 13.1. The molecule has 1 atom stereocenters. The van der Waals surface area contributed by atoms with Gasteiger partial charge in [-0.05, 0) is 32.1 Å². The summed E-state index contributed by atoms with van der Waals surface area (Å²) in [5.41, 5.74) is -0.827. The molecule has 0 bridgehead atoms. The Morgan fingerprint density at radius 1 is 1.07 bits per heavy atom. The van der Waals surface area contributed by atoms with Crippen LogP contribution in [0.5, 0.6) is 0 Å². The van der Waals surface area contributed by atoms with Crippen LogP contribution in [0.25, 0.3) is 0 Å². The van der Waals surface area contributed by atoms with Crippen LogP contribution in [0.1, 0.15) is 57.8 Å². The van der Waals surface area contributed by atoms with Crippen molar-refractivity contribution in [2.75, 3.05) is 18.1 Å². The van der Waals surface area contributed by atoms with E-state index in [1.165, 1.54) is 0 Å². The number of nitrogens with zero attached hydrogens (tertiary/aromatic N) is 2. The second-order valence-corrected chi connectivity index (χ2v) is 10.6. The first kappa shape index (κ1) is 18.7. The van der Waals surface area contributed by atoms with Gasteiger partial charge in [-0.15, -0.1) is 0 Å². The topological polar surface area (TPSA) is 104 Å². The van der Waals surface area contributed by atoms with E-state index < -0.39 is 21.4 Å². The number of carbonyl (C=O) groups is 3. The van der Waals surface area contributed by atoms with Crippen molar-refractivity contribution < 1.29 is 22.8 Å². The van der Waals surface area contributed by atoms with Gasteiger partial charge in [0.05, 0.1) is 11.5 Å². The SMILES string of the molecule is O=C1NC2(CCCC2)C(=O)N1CC(=O)N(C1CCCC1)[C@@H]1CCS(=O)(=O)C1. The summed E-state index contributed by atoms with van der Waals surface area (Å²) in [4.78, 5) is 41.1. The van der Waals surface area contributed by atoms with Crippen LogP contribution < -0.4 is 5.32 Å². The lowest BCUT2D eigenvalue weighted by Gasteiger charge is -2.35. The molecule has 4 amide bonds. The molecule has 2 aliphatic heterocycles. The fourth-order valence-corrected chi connectivity index (χ4v) is 6.95. The molecule has 2 saturated carbocycles. The van der Waals surface area contributed by atoms with Gasteiger partial charge >= 0.3 is 6.03 Å². The minimum absolute atomic E-state index is 0.0111. The van der Waals surface area contributed by atoms with Gasteiger partial charge in [0.1, 0.15) is 12.1 Å². The lowest BCUT2D eigenvalue weighted by Crippen LogP contribution is -2.52. The van der Waals surface area contributed by atoms with E-state index in [1.807, 2.05) is 0 Å². The molecule has 2 heterocycles. The van der Waals surface area contributed by atoms with Gasteiger partial charge in [-0.1, -0.05) is 25.7 Å². The van der Waals surface area contributed by atoms with Crippen molar-refractivity contribution in [1.82, 2.24) is 15.1 Å². The molecule has 9 heteroatoms. The minimum Gasteiger partial charge on any atom is -0.334 e. The molecule has 8 nitrogen and oxygen atoms in total. The number of sulfone groups is 1. The number of carbonyl (C=O) groups excluding carboxylic acids is 3. The zero-order valence-corrected chi connectivity index (χ0v) is 16.3. The smallest absolute Gasteiger partial charge is 0.325 e. The van der Waals surface area contributed by atoms with E-state index in [0.29, 0.717) is 19.3 Å². The van der Waals surface area contributed by atoms with Crippen LogP contribution in [0.2, 0.25) is 0 Å². The number of rotatable bonds is 4. The van der Waals surface area contributed by atoms with E-state index >= 15 is 0 Å². The van der Waals surface area contributed by atoms with E-state index in [4.69, 9.17) is 0 Å². The Bertz CT molecular complexity index is 753. The lowest BCUT2D eigenvalue weighted by molar-refractivity contribution is -0.141. The van der Waals surface area contributed by atoms with Crippen molar-refractivity contribution in [3.8, 4) is 0 Å². The van der Waals surface area contributed by atoms with Crippen LogP contribution in [0.4, 0.5) is 4.79 Å². The first-order valence-corrected chi connectivity index (χ1v) is 11.8. The van der Waals surface area contributed by atoms with Gasteiger partial charge in [0.2, 0.25) is 5.91 Å². The van der Waals surface area contributed by atoms with Crippen LogP contribution >= 0.6 is 0 Å². The zero-order chi connectivity index (χ0) is 19.2. The molecule has 1 N–H and O–H groups in total. The molecule has 4 fully saturated rings. The van der Waals surface area contributed by atoms with Crippen molar-refractivity contribution in [3.05, 3.63) is 0 Å². The summed E-state index contributed by atoms with van der Waals surface area (Å²) in [7, 11) is -3.12. The van der Waals surface area contributed by atoms with Crippen molar-refractivity contribution in [1.29, 1.82) is 0 Å². The quantitative estimate of drug-likeness (QED) is 0.707. The van der Waals surface area contributed by atoms with Crippen LogP contribution in [-0.4, -0.2) is 71.7 Å². The normalized spacial score (nSPS) is 29.6. The minimum atomic E-state index is -3.12. The van der Waals surface area contributed by atoms with Gasteiger partial charge in [-0.2, -0.15) is 0 Å². The Morgan fingerprint density at radius 3 is 2.33 bits per heavy atom. The molecule has 150 valence electrons. The van der Waals surface area contributed by atoms with E-state index in [-0.39, 0.29) is 41.9 Å². The Morgan fingerprint density at radius 2 is 1.74 bits per heavy atom. The monoisotopic (exact) mass is 397 g/mol. The maximum atomic E-state index is 13.1. The Balaban J connectivity index is 1.52. The highest BCUT2D eigenvalue weighted by Gasteiger charge is 2.53. The molecule has 27 heavy (non-hydrogen) atoms. The largest absolute Gasteiger partial charge is 0.334 e. The van der Waals surface area contributed by atoms with Gasteiger partial charge in [0.15, 0.2) is 9.84 Å². The number of imide groups is 1. The summed E-state index contributed by atoms with van der Waals surface area (Å²) in [6, 6.07) is -0.829. The van der Waals surface area contributed by atoms with E-state index in [0.717, 1.165) is 43.4 Å². The van der Waals surface area contributed by atoms with Gasteiger partial charge in [0, 0.05) is 12.1 Å². The summed E-state index contributed by atoms with van der Waals surface area (Å²) in [6.07, 6.45) is 7.20. The number of hydrogen-bond donors (Lipinski definition) is 1. The number of nitrogens with one attached hydrogen (secondary N) is 1. The van der Waals surface area contributed by atoms with Crippen molar-refractivity contribution in [3.63, 3.8) is 0 Å². The predicted molar refractivity (Wildman–Crippen MR) is 97.6 cm³/mol. The molecular weight excluding hydrogens is 370 g/mol. The second-order valence-electron chi connectivity index (χ2n) is 8.41. The van der Waals surface area contributed by atoms with Crippen LogP contribution in [-0.2, 0) is 19.4 Å². The number of hydrogen-bond acceptors (Lipinski definition) is 5. The second kappa shape index (κ2) is 6.76. The van der Waals surface area contributed by atoms with Gasteiger partial charge in [-0.3, -0.25) is 14.5 Å². The first-order chi connectivity index (χ1) is 12.8. The summed E-state index contributed by atoms with van der Waals surface area (Å²) < 4.78 is 23.9. The van der Waals surface area contributed by atoms with Gasteiger partial charge in [-0.25, -0.2) is 13.2 Å². The first-order valence-electron chi connectivity index (χ1n) is 9.97. The van der Waals surface area contributed by atoms with E-state index in [9.17, 15) is 22.8 Å². The third-order valence-electron chi connectivity index (χ3n) is 6.60. The number of urea groups is 1. The van der Waals surface area contributed by atoms with E-state index in [2.05, 4.69) is 5.32 Å². The molecule has 0 aromatic heterocycles. The fraction of sp³-hybridized carbons (Fsp3) is 0.833. The highest BCUT2D eigenvalue weighted by molar-refractivity contribution is 7.91. The van der Waals surface area contributed by atoms with Gasteiger partial charge < -0.3 is 10.2 Å². The van der Waals surface area contributed by atoms with Gasteiger partial charge in [0.25, 0.3) is 5.91 Å². The van der Waals surface area contributed by atoms with Crippen LogP contribution in [0.15, 0.2) is 0 Å². The van der Waals surface area contributed by atoms with Crippen LogP contribution in [0, 0.1) is 0 Å². The lowest BCUT2D eigenvalue weighted by atomic mass is 9.98. The van der Waals surface area contributed by atoms with Crippen molar-refractivity contribution in [2.45, 2.75) is 75.4 Å². The molecule has 0 aromatic carbocycles. The predicted octanol–water partition coefficient (Wildman–Crippen LogP) is 0.809. The Kier molecular flexibility index (Phi) is 4.68. The third kappa shape index (κ3) is 3.34. The summed E-state index contributed by atoms with van der Waals surface area (Å²) in [5.74, 6) is -0.522. The third-order valence-corrected chi connectivity index (χ3v) is 8.35. The molecule has 2 saturated heterocycles. The maximum Gasteiger partial charge on any atom is 0.325 e. The number of amides is 4. The highest BCUT2D eigenvalue weighted by atomic mass is 32.2. The standard InChI is InChI=1S/C18H27N3O5S/c22-15(11-20-16(23)18(19-17(20)24)8-3-4-9-18)21(13-5-1-2-6-13)14-7-10-27(25,26)12-14/h13-14H,1-12H2,(H,19,24)/t14-/m1/s1. The average molecular weight is 397 g/mol. The fourth-order valence-electron chi connectivity index (χ4n) is 5.24. The Hall–Kier alpha value is -1.64. The average Bonchev–Trinajstić information content (AvgIpc) is 3.37.